The Kier molecular flexibility index (Phi) is 12.4. The Morgan fingerprint density at radius 2 is 1.66 bits per heavy atom. The van der Waals surface area contributed by atoms with E-state index in [9.17, 15) is 19.1 Å². The highest BCUT2D eigenvalue weighted by molar-refractivity contribution is 6.42. The van der Waals surface area contributed by atoms with E-state index in [0.717, 1.165) is 33.5 Å². The van der Waals surface area contributed by atoms with Gasteiger partial charge in [-0.3, -0.25) is 19.7 Å². The van der Waals surface area contributed by atoms with Crippen LogP contribution in [0, 0.1) is 19.7 Å². The van der Waals surface area contributed by atoms with Crippen molar-refractivity contribution in [1.82, 2.24) is 20.2 Å². The molecule has 8 rings (SSSR count). The van der Waals surface area contributed by atoms with Crippen LogP contribution in [-0.2, 0) is 42.1 Å². The number of fused-ring (bicyclic) bond motifs is 2. The summed E-state index contributed by atoms with van der Waals surface area (Å²) in [6.07, 6.45) is 3.02. The first-order valence-corrected chi connectivity index (χ1v) is 20.4. The van der Waals surface area contributed by atoms with Crippen molar-refractivity contribution in [3.8, 4) is 28.7 Å². The van der Waals surface area contributed by atoms with E-state index in [2.05, 4.69) is 15.3 Å². The molecule has 2 aliphatic rings. The quantitative estimate of drug-likeness (QED) is 0.116. The Balaban J connectivity index is 0.960. The number of aromatic nitrogens is 2. The van der Waals surface area contributed by atoms with E-state index < -0.39 is 35.9 Å². The lowest BCUT2D eigenvalue weighted by atomic mass is 9.92. The van der Waals surface area contributed by atoms with E-state index in [1.807, 2.05) is 56.3 Å². The number of carbonyl (C=O) groups excluding carboxylic acids is 1. The van der Waals surface area contributed by atoms with Crippen LogP contribution >= 0.6 is 23.2 Å². The summed E-state index contributed by atoms with van der Waals surface area (Å²) in [7, 11) is 0. The number of aliphatic carboxylic acids is 1. The van der Waals surface area contributed by atoms with Crippen LogP contribution in [-0.4, -0.2) is 50.5 Å². The number of hydrogen-bond donors (Lipinski definition) is 2. The predicted octanol–water partition coefficient (Wildman–Crippen LogP) is 9.16. The van der Waals surface area contributed by atoms with Gasteiger partial charge in [0.1, 0.15) is 42.3 Å². The minimum atomic E-state index is -1.24. The number of carbonyl (C=O) groups is 2. The fourth-order valence-corrected chi connectivity index (χ4v) is 7.67. The predicted molar refractivity (Wildman–Crippen MR) is 227 cm³/mol. The van der Waals surface area contributed by atoms with Crippen LogP contribution in [0.25, 0.3) is 0 Å². The molecule has 2 aromatic heterocycles. The molecule has 3 atom stereocenters. The zero-order chi connectivity index (χ0) is 42.6. The molecule has 1 amide bonds. The summed E-state index contributed by atoms with van der Waals surface area (Å²) in [5.74, 6) is 0.803. The summed E-state index contributed by atoms with van der Waals surface area (Å²) >= 11 is 12.2. The molecule has 0 aliphatic carbocycles. The van der Waals surface area contributed by atoms with Gasteiger partial charge in [-0.2, -0.15) is 0 Å². The third kappa shape index (κ3) is 9.73. The molecule has 312 valence electrons. The van der Waals surface area contributed by atoms with Crippen molar-refractivity contribution in [2.24, 2.45) is 0 Å². The Labute approximate surface area is 362 Å². The van der Waals surface area contributed by atoms with Crippen LogP contribution in [0.4, 0.5) is 4.39 Å². The van der Waals surface area contributed by atoms with E-state index >= 15 is 0 Å². The molecule has 2 aliphatic heterocycles. The number of ether oxygens (including phenoxy) is 4. The summed E-state index contributed by atoms with van der Waals surface area (Å²) < 4.78 is 39.7. The number of aryl methyl sites for hydroxylation is 1. The van der Waals surface area contributed by atoms with Crippen molar-refractivity contribution < 1.29 is 38.0 Å². The van der Waals surface area contributed by atoms with Crippen LogP contribution in [0.3, 0.4) is 0 Å². The van der Waals surface area contributed by atoms with E-state index in [1.165, 1.54) is 18.3 Å². The normalized spacial score (nSPS) is 16.3. The van der Waals surface area contributed by atoms with Crippen molar-refractivity contribution in [3.05, 3.63) is 170 Å². The number of amides is 1. The van der Waals surface area contributed by atoms with Gasteiger partial charge in [-0.1, -0.05) is 53.5 Å². The number of carboxylic acid groups (broad SMARTS) is 1. The third-order valence-corrected chi connectivity index (χ3v) is 11.6. The Bertz CT molecular complexity index is 2580. The Morgan fingerprint density at radius 1 is 0.902 bits per heavy atom. The Morgan fingerprint density at radius 3 is 2.41 bits per heavy atom. The zero-order valence-electron chi connectivity index (χ0n) is 33.2. The summed E-state index contributed by atoms with van der Waals surface area (Å²) in [5, 5.41) is 14.0. The van der Waals surface area contributed by atoms with Crippen LogP contribution in [0.1, 0.15) is 50.9 Å². The fourth-order valence-electron chi connectivity index (χ4n) is 7.35. The van der Waals surface area contributed by atoms with Crippen molar-refractivity contribution in [2.75, 3.05) is 6.61 Å². The monoisotopic (exact) mass is 862 g/mol. The second-order valence-corrected chi connectivity index (χ2v) is 15.8. The fraction of sp³-hybridized carbons (Fsp3) is 0.234. The SMILES string of the molecule is Cc1nccc(Oc2ccc(CC(NC(=O)[C@@H]3Cc4cc5c(cc4CN3Cc3ncccc3F)O[C@@H](c3ccc(OCc4ccc(Cl)c(Cl)c4)cc3)CO5)C(=O)O)cc2)c1C. The van der Waals surface area contributed by atoms with Crippen molar-refractivity contribution in [3.63, 3.8) is 0 Å². The van der Waals surface area contributed by atoms with Gasteiger partial charge in [-0.25, -0.2) is 9.18 Å². The lowest BCUT2D eigenvalue weighted by Gasteiger charge is -2.37. The minimum absolute atomic E-state index is 0.0103. The third-order valence-electron chi connectivity index (χ3n) is 10.9. The molecule has 61 heavy (non-hydrogen) atoms. The lowest BCUT2D eigenvalue weighted by Crippen LogP contribution is -2.54. The first kappa shape index (κ1) is 41.5. The summed E-state index contributed by atoms with van der Waals surface area (Å²) in [6.45, 7) is 4.66. The standard InChI is InChI=1S/C47H41Cl2FN4O7/c1-27-28(2)51-17-15-42(27)60-35-10-5-29(6-11-35)19-39(47(56)57)53-46(55)41-20-32-21-43-44(22-33(32)23-54(41)24-40-38(50)4-3-16-52-40)61-45(26-59-43)31-8-12-34(13-9-31)58-25-30-7-14-36(48)37(49)18-30/h3-18,21-22,39,41,45H,19-20,23-26H2,1-2H3,(H,53,55)(H,56,57)/t39?,41-,45+/m0/s1. The number of benzene rings is 4. The first-order valence-electron chi connectivity index (χ1n) is 19.6. The number of hydrogen-bond acceptors (Lipinski definition) is 9. The number of pyridine rings is 2. The summed E-state index contributed by atoms with van der Waals surface area (Å²) in [6, 6.07) is 26.3. The van der Waals surface area contributed by atoms with Crippen LogP contribution in [0.5, 0.6) is 28.7 Å². The molecule has 4 heterocycles. The average molecular weight is 864 g/mol. The van der Waals surface area contributed by atoms with Gasteiger partial charge < -0.3 is 29.4 Å². The second kappa shape index (κ2) is 18.2. The van der Waals surface area contributed by atoms with Crippen LogP contribution in [0.2, 0.25) is 10.0 Å². The number of carboxylic acids is 1. The van der Waals surface area contributed by atoms with Crippen LogP contribution < -0.4 is 24.3 Å². The maximum absolute atomic E-state index is 15.0. The van der Waals surface area contributed by atoms with Gasteiger partial charge in [-0.15, -0.1) is 0 Å². The largest absolute Gasteiger partial charge is 0.489 e. The molecule has 11 nitrogen and oxygen atoms in total. The maximum atomic E-state index is 15.0. The molecule has 14 heteroatoms. The highest BCUT2D eigenvalue weighted by Gasteiger charge is 2.36. The van der Waals surface area contributed by atoms with Crippen molar-refractivity contribution in [1.29, 1.82) is 0 Å². The molecule has 4 aromatic carbocycles. The molecule has 0 radical (unpaired) electrons. The molecule has 2 N–H and O–H groups in total. The molecule has 0 fully saturated rings. The van der Waals surface area contributed by atoms with Gasteiger partial charge in [0.2, 0.25) is 5.91 Å². The smallest absolute Gasteiger partial charge is 0.326 e. The summed E-state index contributed by atoms with van der Waals surface area (Å²) in [5.41, 5.74) is 6.12. The second-order valence-electron chi connectivity index (χ2n) is 15.0. The van der Waals surface area contributed by atoms with Gasteiger partial charge in [0.05, 0.1) is 21.8 Å². The lowest BCUT2D eigenvalue weighted by molar-refractivity contribution is -0.142. The minimum Gasteiger partial charge on any atom is -0.489 e. The van der Waals surface area contributed by atoms with Crippen molar-refractivity contribution in [2.45, 2.75) is 64.6 Å². The molecule has 0 saturated carbocycles. The summed E-state index contributed by atoms with van der Waals surface area (Å²) in [4.78, 5) is 37.0. The molecule has 1 unspecified atom stereocenters. The highest BCUT2D eigenvalue weighted by atomic mass is 35.5. The first-order chi connectivity index (χ1) is 29.5. The molecular formula is C47H41Cl2FN4O7. The molecule has 6 aromatic rings. The van der Waals surface area contributed by atoms with Gasteiger partial charge in [0.25, 0.3) is 0 Å². The van der Waals surface area contributed by atoms with Gasteiger partial charge >= 0.3 is 5.97 Å². The van der Waals surface area contributed by atoms with Crippen molar-refractivity contribution >= 4 is 35.1 Å². The van der Waals surface area contributed by atoms with Crippen LogP contribution in [0.15, 0.2) is 109 Å². The molecule has 0 bridgehead atoms. The number of halogens is 3. The van der Waals surface area contributed by atoms with Gasteiger partial charge in [0, 0.05) is 43.2 Å². The number of nitrogens with zero attached hydrogens (tertiary/aromatic N) is 3. The number of nitrogens with one attached hydrogen (secondary N) is 1. The Hall–Kier alpha value is -6.21. The number of rotatable bonds is 13. The molecule has 0 saturated heterocycles. The highest BCUT2D eigenvalue weighted by Crippen LogP contribution is 2.41. The van der Waals surface area contributed by atoms with Gasteiger partial charge in [0.15, 0.2) is 17.6 Å². The maximum Gasteiger partial charge on any atom is 0.326 e. The average Bonchev–Trinajstić information content (AvgIpc) is 3.26. The van der Waals surface area contributed by atoms with E-state index in [1.54, 1.807) is 53.6 Å². The molecule has 0 spiro atoms. The topological polar surface area (TPSA) is 132 Å². The van der Waals surface area contributed by atoms with E-state index in [4.69, 9.17) is 42.1 Å². The van der Waals surface area contributed by atoms with Gasteiger partial charge in [-0.05, 0) is 115 Å². The van der Waals surface area contributed by atoms with E-state index in [0.29, 0.717) is 51.0 Å². The van der Waals surface area contributed by atoms with E-state index in [-0.39, 0.29) is 38.2 Å². The zero-order valence-corrected chi connectivity index (χ0v) is 34.8. The molecular weight excluding hydrogens is 822 g/mol.